The molecule has 0 bridgehead atoms. The fourth-order valence-electron chi connectivity index (χ4n) is 4.76. The number of rotatable bonds is 5. The van der Waals surface area contributed by atoms with Gasteiger partial charge in [0.2, 0.25) is 0 Å². The van der Waals surface area contributed by atoms with Gasteiger partial charge in [0.25, 0.3) is 0 Å². The topological polar surface area (TPSA) is 58.9 Å². The van der Waals surface area contributed by atoms with Gasteiger partial charge >= 0.3 is 5.95 Å². The number of carbonyl (C=O) groups is 1. The van der Waals surface area contributed by atoms with Crippen molar-refractivity contribution in [2.24, 2.45) is 0 Å². The molecule has 1 aliphatic carbocycles. The van der Waals surface area contributed by atoms with Gasteiger partial charge in [0.1, 0.15) is 17.0 Å². The van der Waals surface area contributed by atoms with Crippen LogP contribution in [0.25, 0.3) is 17.0 Å². The average Bonchev–Trinajstić information content (AvgIpc) is 3.19. The first kappa shape index (κ1) is 24.1. The Morgan fingerprint density at radius 2 is 1.76 bits per heavy atom. The lowest BCUT2D eigenvalue weighted by Crippen LogP contribution is -2.37. The third-order valence-corrected chi connectivity index (χ3v) is 9.73. The zero-order chi connectivity index (χ0) is 24.3. The molecule has 1 aliphatic rings. The lowest BCUT2D eigenvalue weighted by Gasteiger charge is -2.21. The van der Waals surface area contributed by atoms with Crippen LogP contribution >= 0.6 is 21.6 Å². The number of Topliss-reactive ketones (excluding diaryl/α,β-unsaturated/α-hetero) is 1. The Hall–Kier alpha value is -1.99. The van der Waals surface area contributed by atoms with Crippen LogP contribution in [0.15, 0.2) is 24.4 Å². The fraction of sp³-hybridized carbons (Fsp3) is 0.500. The predicted molar refractivity (Wildman–Crippen MR) is 139 cm³/mol. The molecule has 0 aliphatic heterocycles. The summed E-state index contributed by atoms with van der Waals surface area (Å²) in [5, 5.41) is 0. The Kier molecular flexibility index (Phi) is 5.89. The summed E-state index contributed by atoms with van der Waals surface area (Å²) in [7, 11) is 5.42. The van der Waals surface area contributed by atoms with Crippen LogP contribution in [0.5, 0.6) is 5.75 Å². The molecule has 5 nitrogen and oxygen atoms in total. The highest BCUT2D eigenvalue weighted by atomic mass is 33.1. The van der Waals surface area contributed by atoms with E-state index in [1.807, 2.05) is 61.5 Å². The van der Waals surface area contributed by atoms with Crippen molar-refractivity contribution in [2.45, 2.75) is 76.7 Å². The van der Waals surface area contributed by atoms with Crippen LogP contribution in [0.3, 0.4) is 0 Å². The Morgan fingerprint density at radius 3 is 2.36 bits per heavy atom. The van der Waals surface area contributed by atoms with Crippen LogP contribution < -0.4 is 9.30 Å². The third kappa shape index (κ3) is 4.08. The minimum Gasteiger partial charge on any atom is -0.496 e. The highest BCUT2D eigenvalue weighted by Crippen LogP contribution is 2.47. The molecular formula is C26H34N3O2S2+. The van der Waals surface area contributed by atoms with E-state index in [4.69, 9.17) is 9.72 Å². The van der Waals surface area contributed by atoms with Crippen LogP contribution in [-0.2, 0) is 21.4 Å². The van der Waals surface area contributed by atoms with Crippen molar-refractivity contribution in [1.29, 1.82) is 0 Å². The van der Waals surface area contributed by atoms with E-state index in [0.29, 0.717) is 0 Å². The molecular weight excluding hydrogens is 450 g/mol. The number of benzene rings is 1. The summed E-state index contributed by atoms with van der Waals surface area (Å²) in [6, 6.07) is 6.20. The molecule has 176 valence electrons. The monoisotopic (exact) mass is 484 g/mol. The van der Waals surface area contributed by atoms with Crippen molar-refractivity contribution < 1.29 is 14.1 Å². The number of nitrogens with one attached hydrogen (secondary N) is 1. The standard InChI is InChI=1S/C26H34N3O2S2/c1-15-20(14-32-33-24(2,3)4)29(11-10-21(15)31-9)23-27-18-12-16-17(13-19(18)28-23)26(7,8)22(30)25(16,5)6/h10-13H,14H2,1-9H3,(H,27,28)/q+1. The lowest BCUT2D eigenvalue weighted by molar-refractivity contribution is -0.610. The molecule has 0 fully saturated rings. The number of ketones is 1. The summed E-state index contributed by atoms with van der Waals surface area (Å²) in [5.74, 6) is 2.73. The fourth-order valence-corrected chi connectivity index (χ4v) is 7.21. The van der Waals surface area contributed by atoms with Crippen LogP contribution in [-0.4, -0.2) is 27.6 Å². The van der Waals surface area contributed by atoms with E-state index in [9.17, 15) is 4.79 Å². The first-order valence-electron chi connectivity index (χ1n) is 11.3. The molecule has 2 heterocycles. The number of H-pyrrole nitrogens is 1. The Labute approximate surface area is 204 Å². The van der Waals surface area contributed by atoms with Gasteiger partial charge in [-0.25, -0.2) is 9.55 Å². The van der Waals surface area contributed by atoms with Crippen LogP contribution in [0.4, 0.5) is 0 Å². The van der Waals surface area contributed by atoms with E-state index in [-0.39, 0.29) is 10.5 Å². The number of ether oxygens (including phenoxy) is 1. The zero-order valence-corrected chi connectivity index (χ0v) is 22.7. The predicted octanol–water partition coefficient (Wildman–Crippen LogP) is 5.97. The van der Waals surface area contributed by atoms with E-state index < -0.39 is 10.8 Å². The Balaban J connectivity index is 1.82. The average molecular weight is 485 g/mol. The van der Waals surface area contributed by atoms with E-state index in [1.54, 1.807) is 7.11 Å². The molecule has 0 unspecified atom stereocenters. The first-order valence-corrected chi connectivity index (χ1v) is 13.6. The summed E-state index contributed by atoms with van der Waals surface area (Å²) < 4.78 is 7.91. The second kappa shape index (κ2) is 8.05. The SMILES string of the molecule is COc1cc[n+](-c2nc3cc4c(cc3[nH]2)C(C)(C)C(=O)C4(C)C)c(CSSC(C)(C)C)c1C. The maximum atomic E-state index is 13.1. The van der Waals surface area contributed by atoms with E-state index in [1.165, 1.54) is 0 Å². The molecule has 0 atom stereocenters. The Morgan fingerprint density at radius 1 is 1.12 bits per heavy atom. The number of carbonyl (C=O) groups excluding carboxylic acids is 1. The number of hydrogen-bond acceptors (Lipinski definition) is 5. The van der Waals surface area contributed by atoms with Crippen molar-refractivity contribution in [1.82, 2.24) is 9.97 Å². The normalized spacial score (nSPS) is 16.9. The number of methoxy groups -OCH3 is 1. The molecule has 33 heavy (non-hydrogen) atoms. The Bertz CT molecular complexity index is 1200. The molecule has 1 N–H and O–H groups in total. The van der Waals surface area contributed by atoms with E-state index in [2.05, 4.69) is 49.4 Å². The van der Waals surface area contributed by atoms with Gasteiger partial charge in [-0.1, -0.05) is 47.3 Å². The number of imidazole rings is 1. The number of aromatic nitrogens is 3. The van der Waals surface area contributed by atoms with Gasteiger partial charge in [-0.2, -0.15) is 0 Å². The second-order valence-corrected chi connectivity index (χ2v) is 14.0. The van der Waals surface area contributed by atoms with Gasteiger partial charge < -0.3 is 4.74 Å². The second-order valence-electron chi connectivity index (χ2n) is 10.8. The molecule has 7 heteroatoms. The van der Waals surface area contributed by atoms with E-state index >= 15 is 0 Å². The molecule has 1 aromatic carbocycles. The molecule has 4 rings (SSSR count). The highest BCUT2D eigenvalue weighted by Gasteiger charge is 2.50. The van der Waals surface area contributed by atoms with Crippen LogP contribution in [0, 0.1) is 6.92 Å². The van der Waals surface area contributed by atoms with Gasteiger partial charge in [-0.15, -0.1) is 0 Å². The number of aromatic amines is 1. The third-order valence-electron chi connectivity index (χ3n) is 6.51. The first-order chi connectivity index (χ1) is 15.3. The minimum absolute atomic E-state index is 0.180. The van der Waals surface area contributed by atoms with Gasteiger partial charge in [0, 0.05) is 27.2 Å². The van der Waals surface area contributed by atoms with Crippen LogP contribution in [0.2, 0.25) is 0 Å². The van der Waals surface area contributed by atoms with Crippen molar-refractivity contribution in [2.75, 3.05) is 7.11 Å². The van der Waals surface area contributed by atoms with Crippen molar-refractivity contribution in [3.05, 3.63) is 46.8 Å². The van der Waals surface area contributed by atoms with Gasteiger partial charge in [0.15, 0.2) is 11.3 Å². The summed E-state index contributed by atoms with van der Waals surface area (Å²) in [6.07, 6.45) is 2.02. The van der Waals surface area contributed by atoms with Crippen LogP contribution in [0.1, 0.15) is 70.9 Å². The quantitative estimate of drug-likeness (QED) is 0.357. The number of nitrogens with zero attached hydrogens (tertiary/aromatic N) is 2. The van der Waals surface area contributed by atoms with Gasteiger partial charge in [-0.3, -0.25) is 4.79 Å². The number of hydrogen-bond donors (Lipinski definition) is 1. The summed E-state index contributed by atoms with van der Waals surface area (Å²) >= 11 is 0. The molecule has 0 spiro atoms. The number of pyridine rings is 1. The molecule has 2 aromatic heterocycles. The molecule has 0 amide bonds. The largest absolute Gasteiger partial charge is 0.496 e. The van der Waals surface area contributed by atoms with Gasteiger partial charge in [-0.05, 0) is 57.9 Å². The molecule has 0 saturated heterocycles. The lowest BCUT2D eigenvalue weighted by atomic mass is 9.80. The summed E-state index contributed by atoms with van der Waals surface area (Å²) in [5.41, 5.74) is 5.24. The van der Waals surface area contributed by atoms with Crippen molar-refractivity contribution in [3.8, 4) is 11.7 Å². The molecule has 0 radical (unpaired) electrons. The maximum Gasteiger partial charge on any atom is 0.402 e. The van der Waals surface area contributed by atoms with Crippen molar-refractivity contribution >= 4 is 38.4 Å². The maximum absolute atomic E-state index is 13.1. The summed E-state index contributed by atoms with van der Waals surface area (Å²) in [4.78, 5) is 21.5. The zero-order valence-electron chi connectivity index (χ0n) is 21.0. The van der Waals surface area contributed by atoms with E-state index in [0.717, 1.165) is 50.9 Å². The smallest absolute Gasteiger partial charge is 0.402 e. The summed E-state index contributed by atoms with van der Waals surface area (Å²) in [6.45, 7) is 16.9. The number of fused-ring (bicyclic) bond motifs is 2. The van der Waals surface area contributed by atoms with Crippen molar-refractivity contribution in [3.63, 3.8) is 0 Å². The minimum atomic E-state index is -0.512. The highest BCUT2D eigenvalue weighted by molar-refractivity contribution is 8.76. The molecule has 0 saturated carbocycles. The molecule has 3 aromatic rings. The van der Waals surface area contributed by atoms with Gasteiger partial charge in [0.05, 0.1) is 19.1 Å².